The van der Waals surface area contributed by atoms with Crippen LogP contribution in [0.4, 0.5) is 0 Å². The van der Waals surface area contributed by atoms with Crippen LogP contribution < -0.4 is 0 Å². The summed E-state index contributed by atoms with van der Waals surface area (Å²) in [7, 11) is 0. The molecule has 0 radical (unpaired) electrons. The van der Waals surface area contributed by atoms with Crippen molar-refractivity contribution in [1.82, 2.24) is 0 Å². The second kappa shape index (κ2) is 9.57. The van der Waals surface area contributed by atoms with E-state index in [0.717, 1.165) is 17.1 Å². The fourth-order valence-corrected chi connectivity index (χ4v) is 6.32. The highest BCUT2D eigenvalue weighted by atomic mass is 16.3. The summed E-state index contributed by atoms with van der Waals surface area (Å²) in [6.07, 6.45) is 15.8. The van der Waals surface area contributed by atoms with Gasteiger partial charge < -0.3 is 10.2 Å². The first-order valence-electron chi connectivity index (χ1n) is 12.3. The first-order chi connectivity index (χ1) is 14.1. The summed E-state index contributed by atoms with van der Waals surface area (Å²) < 4.78 is 0. The molecule has 3 rings (SSSR count). The smallest absolute Gasteiger partial charge is 0.0811 e. The van der Waals surface area contributed by atoms with Crippen molar-refractivity contribution in [2.24, 2.45) is 35.0 Å². The van der Waals surface area contributed by atoms with Gasteiger partial charge in [-0.05, 0) is 84.7 Å². The van der Waals surface area contributed by atoms with Crippen molar-refractivity contribution < 1.29 is 10.2 Å². The molecule has 2 heteroatoms. The van der Waals surface area contributed by atoms with Crippen LogP contribution in [-0.2, 0) is 0 Å². The Kier molecular flexibility index (Phi) is 7.51. The van der Waals surface area contributed by atoms with Crippen LogP contribution in [0.1, 0.15) is 79.6 Å². The summed E-state index contributed by atoms with van der Waals surface area (Å²) in [5.41, 5.74) is 3.77. The quantitative estimate of drug-likeness (QED) is 0.499. The van der Waals surface area contributed by atoms with Crippen molar-refractivity contribution in [3.8, 4) is 0 Å². The van der Waals surface area contributed by atoms with Gasteiger partial charge in [-0.3, -0.25) is 0 Å². The van der Waals surface area contributed by atoms with Gasteiger partial charge in [-0.2, -0.15) is 0 Å². The highest BCUT2D eigenvalue weighted by Gasteiger charge is 2.50. The summed E-state index contributed by atoms with van der Waals surface area (Å²) in [4.78, 5) is 0. The number of aliphatic hydroxyl groups is 2. The number of allylic oxidation sites excluding steroid dienone is 5. The second-order valence-corrected chi connectivity index (χ2v) is 11.0. The van der Waals surface area contributed by atoms with E-state index in [1.165, 1.54) is 32.1 Å². The van der Waals surface area contributed by atoms with Gasteiger partial charge in [-0.25, -0.2) is 0 Å². The minimum Gasteiger partial charge on any atom is -0.393 e. The van der Waals surface area contributed by atoms with Gasteiger partial charge in [0.15, 0.2) is 0 Å². The van der Waals surface area contributed by atoms with Crippen LogP contribution in [0.5, 0.6) is 0 Å². The lowest BCUT2D eigenvalue weighted by atomic mass is 9.61. The molecule has 30 heavy (non-hydrogen) atoms. The summed E-state index contributed by atoms with van der Waals surface area (Å²) in [5, 5.41) is 20.2. The maximum absolute atomic E-state index is 10.1. The Bertz CT molecular complexity index is 712. The van der Waals surface area contributed by atoms with Gasteiger partial charge in [0.25, 0.3) is 0 Å². The van der Waals surface area contributed by atoms with Gasteiger partial charge in [-0.15, -0.1) is 0 Å². The zero-order valence-corrected chi connectivity index (χ0v) is 19.9. The predicted molar refractivity (Wildman–Crippen MR) is 127 cm³/mol. The third-order valence-corrected chi connectivity index (χ3v) is 8.71. The van der Waals surface area contributed by atoms with Crippen LogP contribution in [-0.4, -0.2) is 22.4 Å². The van der Waals surface area contributed by atoms with Gasteiger partial charge in [-0.1, -0.05) is 71.1 Å². The van der Waals surface area contributed by atoms with E-state index in [1.54, 1.807) is 5.57 Å². The van der Waals surface area contributed by atoms with Gasteiger partial charge in [0.05, 0.1) is 12.2 Å². The largest absolute Gasteiger partial charge is 0.393 e. The summed E-state index contributed by atoms with van der Waals surface area (Å²) in [6, 6.07) is 0. The van der Waals surface area contributed by atoms with Gasteiger partial charge in [0.2, 0.25) is 0 Å². The van der Waals surface area contributed by atoms with E-state index in [2.05, 4.69) is 65.5 Å². The number of hydrogen-bond donors (Lipinski definition) is 2. The van der Waals surface area contributed by atoms with Crippen molar-refractivity contribution >= 4 is 0 Å². The summed E-state index contributed by atoms with van der Waals surface area (Å²) in [5.74, 6) is 3.38. The predicted octanol–water partition coefficient (Wildman–Crippen LogP) is 6.61. The van der Waals surface area contributed by atoms with Crippen LogP contribution in [0, 0.1) is 35.0 Å². The Hall–Kier alpha value is -1.12. The molecule has 0 aromatic rings. The third-order valence-electron chi connectivity index (χ3n) is 8.71. The molecule has 0 aromatic heterocycles. The molecule has 7 atom stereocenters. The molecule has 3 aliphatic rings. The Balaban J connectivity index is 1.76. The maximum atomic E-state index is 10.1. The van der Waals surface area contributed by atoms with Gasteiger partial charge in [0, 0.05) is 6.42 Å². The van der Waals surface area contributed by atoms with E-state index in [-0.39, 0.29) is 0 Å². The summed E-state index contributed by atoms with van der Waals surface area (Å²) in [6.45, 7) is 16.0. The number of fused-ring (bicyclic) bond motifs is 1. The Labute approximate surface area is 184 Å². The molecule has 168 valence electrons. The molecule has 0 amide bonds. The molecule has 2 nitrogen and oxygen atoms in total. The SMILES string of the molecule is C=C1/C(=C\C=C2CCC[C@]3(C)[C@@H]([C@H](C)/C=C/[C@H](C)C(C)C)CC[C@@H]23)C[C@@H](O)C[C@H]1O. The number of aliphatic hydroxyl groups excluding tert-OH is 2. The van der Waals surface area contributed by atoms with E-state index in [1.807, 2.05) is 0 Å². The fraction of sp³-hybridized carbons (Fsp3) is 0.714. The molecule has 0 aromatic carbocycles. The zero-order chi connectivity index (χ0) is 22.1. The van der Waals surface area contributed by atoms with E-state index < -0.39 is 12.2 Å². The molecule has 0 aliphatic heterocycles. The highest BCUT2D eigenvalue weighted by Crippen LogP contribution is 2.59. The van der Waals surface area contributed by atoms with Crippen molar-refractivity contribution in [3.05, 3.63) is 47.6 Å². The molecule has 0 spiro atoms. The summed E-state index contributed by atoms with van der Waals surface area (Å²) >= 11 is 0. The van der Waals surface area contributed by atoms with Crippen molar-refractivity contribution in [2.75, 3.05) is 0 Å². The van der Waals surface area contributed by atoms with Crippen LogP contribution in [0.2, 0.25) is 0 Å². The number of hydrogen-bond acceptors (Lipinski definition) is 2. The molecule has 3 saturated carbocycles. The normalized spacial score (nSPS) is 39.8. The molecule has 2 N–H and O–H groups in total. The molecule has 3 aliphatic carbocycles. The molecule has 0 unspecified atom stereocenters. The van der Waals surface area contributed by atoms with Gasteiger partial charge in [0.1, 0.15) is 0 Å². The van der Waals surface area contributed by atoms with Crippen LogP contribution in [0.15, 0.2) is 47.6 Å². The minimum atomic E-state index is -0.605. The standard InChI is InChI=1S/C28H44O2/c1-18(2)19(3)9-10-20(4)25-13-14-26-22(8-7-15-28(25,26)6)11-12-23-16-24(29)17-27(30)21(23)5/h9-12,18-20,24-27,29-30H,5,7-8,13-17H2,1-4,6H3/b10-9+,22-11?,23-12-/t19-,20+,24+,25+,26-,27+,28+/m0/s1. The monoisotopic (exact) mass is 412 g/mol. The van der Waals surface area contributed by atoms with Crippen LogP contribution in [0.3, 0.4) is 0 Å². The van der Waals surface area contributed by atoms with E-state index in [4.69, 9.17) is 0 Å². The van der Waals surface area contributed by atoms with Crippen LogP contribution >= 0.6 is 0 Å². The molecule has 3 fully saturated rings. The molecular weight excluding hydrogens is 368 g/mol. The first kappa shape index (κ1) is 23.5. The lowest BCUT2D eigenvalue weighted by Gasteiger charge is -2.44. The average molecular weight is 413 g/mol. The Morgan fingerprint density at radius 1 is 1.07 bits per heavy atom. The molecular formula is C28H44O2. The van der Waals surface area contributed by atoms with E-state index in [0.29, 0.717) is 41.9 Å². The van der Waals surface area contributed by atoms with E-state index in [9.17, 15) is 10.2 Å². The second-order valence-electron chi connectivity index (χ2n) is 11.0. The molecule has 0 bridgehead atoms. The molecule has 0 saturated heterocycles. The minimum absolute atomic E-state index is 0.385. The maximum Gasteiger partial charge on any atom is 0.0811 e. The number of rotatable bonds is 5. The van der Waals surface area contributed by atoms with Gasteiger partial charge >= 0.3 is 0 Å². The Morgan fingerprint density at radius 2 is 1.80 bits per heavy atom. The lowest BCUT2D eigenvalue weighted by molar-refractivity contribution is 0.0862. The Morgan fingerprint density at radius 3 is 2.50 bits per heavy atom. The zero-order valence-electron chi connectivity index (χ0n) is 19.9. The van der Waals surface area contributed by atoms with Crippen LogP contribution in [0.25, 0.3) is 0 Å². The fourth-order valence-electron chi connectivity index (χ4n) is 6.32. The van der Waals surface area contributed by atoms with Crippen molar-refractivity contribution in [2.45, 2.75) is 91.8 Å². The average Bonchev–Trinajstić information content (AvgIpc) is 3.04. The van der Waals surface area contributed by atoms with Crippen molar-refractivity contribution in [1.29, 1.82) is 0 Å². The highest BCUT2D eigenvalue weighted by molar-refractivity contribution is 5.38. The first-order valence-corrected chi connectivity index (χ1v) is 12.3. The third kappa shape index (κ3) is 4.86. The topological polar surface area (TPSA) is 40.5 Å². The lowest BCUT2D eigenvalue weighted by Crippen LogP contribution is -2.35. The molecule has 0 heterocycles. The van der Waals surface area contributed by atoms with E-state index >= 15 is 0 Å². The van der Waals surface area contributed by atoms with Crippen molar-refractivity contribution in [3.63, 3.8) is 0 Å².